The summed E-state index contributed by atoms with van der Waals surface area (Å²) in [7, 11) is 0. The molecule has 0 saturated carbocycles. The van der Waals surface area contributed by atoms with E-state index >= 15 is 0 Å². The molecule has 1 unspecified atom stereocenters. The number of ether oxygens (including phenoxy) is 1. The number of hydrogen-bond acceptors (Lipinski definition) is 3. The number of epoxide rings is 1. The third kappa shape index (κ3) is 1.37. The van der Waals surface area contributed by atoms with Crippen molar-refractivity contribution in [2.75, 3.05) is 13.2 Å². The highest BCUT2D eigenvalue weighted by Crippen LogP contribution is 2.32. The molecule has 2 amide bonds. The highest BCUT2D eigenvalue weighted by molar-refractivity contribution is 6.12. The molecule has 0 aromatic heterocycles. The normalized spacial score (nSPS) is 31.6. The Balaban J connectivity index is 2.03. The molecule has 70 valence electrons. The van der Waals surface area contributed by atoms with Crippen molar-refractivity contribution in [1.29, 1.82) is 0 Å². The Kier molecular flexibility index (Phi) is 1.73. The van der Waals surface area contributed by atoms with E-state index in [-0.39, 0.29) is 17.4 Å². The van der Waals surface area contributed by atoms with Gasteiger partial charge in [-0.3, -0.25) is 14.5 Å². The van der Waals surface area contributed by atoms with Gasteiger partial charge in [0.25, 0.3) is 11.8 Å². The summed E-state index contributed by atoms with van der Waals surface area (Å²) in [6.07, 6.45) is 3.44. The third-order valence-corrected chi connectivity index (χ3v) is 2.54. The number of imide groups is 1. The van der Waals surface area contributed by atoms with Crippen LogP contribution in [-0.2, 0) is 14.3 Å². The minimum atomic E-state index is -0.239. The first-order valence-corrected chi connectivity index (χ1v) is 4.34. The van der Waals surface area contributed by atoms with Crippen LogP contribution in [0.2, 0.25) is 0 Å². The third-order valence-electron chi connectivity index (χ3n) is 2.54. The molecule has 0 aromatic carbocycles. The Morgan fingerprint density at radius 1 is 1.46 bits per heavy atom. The van der Waals surface area contributed by atoms with Crippen molar-refractivity contribution in [2.45, 2.75) is 18.9 Å². The average Bonchev–Trinajstić information content (AvgIpc) is 2.84. The number of rotatable bonds is 3. The van der Waals surface area contributed by atoms with Crippen LogP contribution in [0.4, 0.5) is 0 Å². The highest BCUT2D eigenvalue weighted by Gasteiger charge is 2.46. The molecule has 2 aliphatic heterocycles. The Hall–Kier alpha value is -1.16. The van der Waals surface area contributed by atoms with E-state index in [1.807, 2.05) is 6.92 Å². The van der Waals surface area contributed by atoms with Crippen LogP contribution >= 0.6 is 0 Å². The monoisotopic (exact) mass is 181 g/mol. The summed E-state index contributed by atoms with van der Waals surface area (Å²) < 4.78 is 5.23. The Morgan fingerprint density at radius 3 is 2.38 bits per heavy atom. The molecule has 2 rings (SSSR count). The molecular formula is C9H11NO3. The molecule has 0 spiro atoms. The first-order chi connectivity index (χ1) is 6.17. The van der Waals surface area contributed by atoms with Crippen LogP contribution in [0.1, 0.15) is 13.3 Å². The Morgan fingerprint density at radius 2 is 2.00 bits per heavy atom. The molecule has 0 bridgehead atoms. The summed E-state index contributed by atoms with van der Waals surface area (Å²) in [5.74, 6) is -0.457. The summed E-state index contributed by atoms with van der Waals surface area (Å²) >= 11 is 0. The zero-order chi connectivity index (χ0) is 9.47. The molecule has 2 aliphatic rings. The predicted octanol–water partition coefficient (Wildman–Crippen LogP) is 0.0904. The fourth-order valence-corrected chi connectivity index (χ4v) is 1.38. The van der Waals surface area contributed by atoms with Gasteiger partial charge in [-0.25, -0.2) is 0 Å². The lowest BCUT2D eigenvalue weighted by Gasteiger charge is -2.17. The lowest BCUT2D eigenvalue weighted by Crippen LogP contribution is -2.38. The van der Waals surface area contributed by atoms with E-state index in [1.165, 1.54) is 17.1 Å². The molecule has 2 heterocycles. The van der Waals surface area contributed by atoms with Crippen LogP contribution in [0, 0.1) is 0 Å². The lowest BCUT2D eigenvalue weighted by atomic mass is 10.1. The van der Waals surface area contributed by atoms with Gasteiger partial charge in [-0.05, 0) is 6.42 Å². The molecule has 0 aliphatic carbocycles. The Bertz CT molecular complexity index is 273. The summed E-state index contributed by atoms with van der Waals surface area (Å²) in [5, 5.41) is 0. The van der Waals surface area contributed by atoms with Crippen molar-refractivity contribution < 1.29 is 14.3 Å². The van der Waals surface area contributed by atoms with Crippen molar-refractivity contribution in [2.24, 2.45) is 0 Å². The molecule has 4 nitrogen and oxygen atoms in total. The zero-order valence-corrected chi connectivity index (χ0v) is 7.45. The Labute approximate surface area is 76.2 Å². The second-order valence-corrected chi connectivity index (χ2v) is 3.42. The topological polar surface area (TPSA) is 49.9 Å². The summed E-state index contributed by atoms with van der Waals surface area (Å²) in [4.78, 5) is 23.6. The quantitative estimate of drug-likeness (QED) is 0.458. The molecule has 0 aromatic rings. The van der Waals surface area contributed by atoms with Crippen LogP contribution in [0.3, 0.4) is 0 Å². The number of hydrogen-bond donors (Lipinski definition) is 0. The molecule has 0 N–H and O–H groups in total. The van der Waals surface area contributed by atoms with Crippen molar-refractivity contribution in [3.05, 3.63) is 12.2 Å². The van der Waals surface area contributed by atoms with Crippen molar-refractivity contribution in [1.82, 2.24) is 4.90 Å². The van der Waals surface area contributed by atoms with Crippen LogP contribution in [0.5, 0.6) is 0 Å². The van der Waals surface area contributed by atoms with Gasteiger partial charge in [-0.15, -0.1) is 0 Å². The van der Waals surface area contributed by atoms with Gasteiger partial charge in [0, 0.05) is 12.2 Å². The van der Waals surface area contributed by atoms with Crippen LogP contribution in [0.15, 0.2) is 12.2 Å². The van der Waals surface area contributed by atoms with Crippen LogP contribution in [0.25, 0.3) is 0 Å². The fraction of sp³-hybridized carbons (Fsp3) is 0.556. The standard InChI is InChI=1S/C9H11NO3/c1-2-9(6-13-9)5-10-7(11)3-4-8(10)12/h3-4H,2,5-6H2,1H3. The van der Waals surface area contributed by atoms with Crippen molar-refractivity contribution >= 4 is 11.8 Å². The van der Waals surface area contributed by atoms with Gasteiger partial charge in [0.05, 0.1) is 13.2 Å². The molecule has 1 fully saturated rings. The zero-order valence-electron chi connectivity index (χ0n) is 7.45. The van der Waals surface area contributed by atoms with E-state index in [0.29, 0.717) is 13.2 Å². The summed E-state index contributed by atoms with van der Waals surface area (Å²) in [6, 6.07) is 0. The summed E-state index contributed by atoms with van der Waals surface area (Å²) in [5.41, 5.74) is -0.239. The van der Waals surface area contributed by atoms with Crippen LogP contribution in [-0.4, -0.2) is 35.5 Å². The average molecular weight is 181 g/mol. The second-order valence-electron chi connectivity index (χ2n) is 3.42. The second kappa shape index (κ2) is 2.67. The molecule has 0 radical (unpaired) electrons. The maximum Gasteiger partial charge on any atom is 0.253 e. The predicted molar refractivity (Wildman–Crippen MR) is 44.8 cm³/mol. The van der Waals surface area contributed by atoms with Crippen molar-refractivity contribution in [3.63, 3.8) is 0 Å². The van der Waals surface area contributed by atoms with E-state index in [9.17, 15) is 9.59 Å². The number of carbonyl (C=O) groups is 2. The summed E-state index contributed by atoms with van der Waals surface area (Å²) in [6.45, 7) is 3.04. The van der Waals surface area contributed by atoms with Gasteiger partial charge in [0.15, 0.2) is 0 Å². The van der Waals surface area contributed by atoms with Gasteiger partial charge < -0.3 is 4.74 Å². The van der Waals surface area contributed by atoms with Crippen LogP contribution < -0.4 is 0 Å². The SMILES string of the molecule is CCC1(CN2C(=O)C=CC2=O)CO1. The van der Waals surface area contributed by atoms with Gasteiger partial charge in [0.1, 0.15) is 5.60 Å². The molecule has 1 atom stereocenters. The van der Waals surface area contributed by atoms with Gasteiger partial charge in [-0.2, -0.15) is 0 Å². The van der Waals surface area contributed by atoms with E-state index in [1.54, 1.807) is 0 Å². The molecule has 1 saturated heterocycles. The largest absolute Gasteiger partial charge is 0.368 e. The van der Waals surface area contributed by atoms with E-state index in [4.69, 9.17) is 4.74 Å². The minimum Gasteiger partial charge on any atom is -0.368 e. The number of amides is 2. The first kappa shape index (κ1) is 8.44. The fourth-order valence-electron chi connectivity index (χ4n) is 1.38. The van der Waals surface area contributed by atoms with E-state index < -0.39 is 0 Å². The smallest absolute Gasteiger partial charge is 0.253 e. The molecular weight excluding hydrogens is 170 g/mol. The van der Waals surface area contributed by atoms with Gasteiger partial charge in [0.2, 0.25) is 0 Å². The number of carbonyl (C=O) groups excluding carboxylic acids is 2. The van der Waals surface area contributed by atoms with E-state index in [2.05, 4.69) is 0 Å². The lowest BCUT2D eigenvalue weighted by molar-refractivity contribution is -0.137. The highest BCUT2D eigenvalue weighted by atomic mass is 16.6. The number of nitrogens with zero attached hydrogens (tertiary/aromatic N) is 1. The maximum atomic E-state index is 11.2. The van der Waals surface area contributed by atoms with E-state index in [0.717, 1.165) is 6.42 Å². The van der Waals surface area contributed by atoms with Crippen molar-refractivity contribution in [3.8, 4) is 0 Å². The minimum absolute atomic E-state index is 0.228. The molecule has 4 heteroatoms. The molecule has 13 heavy (non-hydrogen) atoms. The first-order valence-electron chi connectivity index (χ1n) is 4.34. The maximum absolute atomic E-state index is 11.2. The van der Waals surface area contributed by atoms with Gasteiger partial charge >= 0.3 is 0 Å². The van der Waals surface area contributed by atoms with Gasteiger partial charge in [-0.1, -0.05) is 6.92 Å².